The van der Waals surface area contributed by atoms with Crippen molar-refractivity contribution in [1.82, 2.24) is 5.32 Å². The van der Waals surface area contributed by atoms with Gasteiger partial charge in [0, 0.05) is 18.0 Å². The highest BCUT2D eigenvalue weighted by atomic mass is 16.1. The lowest BCUT2D eigenvalue weighted by Crippen LogP contribution is -2.26. The zero-order valence-electron chi connectivity index (χ0n) is 10.8. The maximum absolute atomic E-state index is 12.5. The smallest absolute Gasteiger partial charge is 0.166 e. The van der Waals surface area contributed by atoms with E-state index in [1.54, 1.807) is 0 Å². The van der Waals surface area contributed by atoms with Crippen molar-refractivity contribution in [3.8, 4) is 0 Å². The van der Waals surface area contributed by atoms with E-state index in [1.807, 2.05) is 12.1 Å². The van der Waals surface area contributed by atoms with E-state index < -0.39 is 0 Å². The van der Waals surface area contributed by atoms with Crippen LogP contribution in [0.4, 0.5) is 0 Å². The van der Waals surface area contributed by atoms with Crippen molar-refractivity contribution in [3.63, 3.8) is 0 Å². The Morgan fingerprint density at radius 3 is 2.82 bits per heavy atom. The van der Waals surface area contributed by atoms with Gasteiger partial charge in [-0.15, -0.1) is 0 Å². The van der Waals surface area contributed by atoms with E-state index in [2.05, 4.69) is 25.2 Å². The molecule has 0 spiro atoms. The average molecular weight is 231 g/mol. The van der Waals surface area contributed by atoms with Gasteiger partial charge in [0.15, 0.2) is 5.78 Å². The second-order valence-corrected chi connectivity index (χ2v) is 4.75. The number of fused-ring (bicyclic) bond motifs is 1. The first-order valence-corrected chi connectivity index (χ1v) is 6.63. The Balaban J connectivity index is 2.35. The molecule has 0 aromatic heterocycles. The van der Waals surface area contributed by atoms with Crippen molar-refractivity contribution in [2.45, 2.75) is 39.7 Å². The van der Waals surface area contributed by atoms with Crippen LogP contribution in [0.15, 0.2) is 18.2 Å². The van der Waals surface area contributed by atoms with Gasteiger partial charge in [0.25, 0.3) is 0 Å². The molecular weight excluding hydrogens is 210 g/mol. The molecule has 1 aliphatic heterocycles. The molecule has 1 aromatic carbocycles. The summed E-state index contributed by atoms with van der Waals surface area (Å²) in [6, 6.07) is 6.15. The van der Waals surface area contributed by atoms with Crippen molar-refractivity contribution in [3.05, 3.63) is 34.9 Å². The summed E-state index contributed by atoms with van der Waals surface area (Å²) in [7, 11) is 0. The number of Topliss-reactive ketones (excluding diaryl/α,β-unsaturated/α-hetero) is 1. The maximum Gasteiger partial charge on any atom is 0.166 e. The van der Waals surface area contributed by atoms with Gasteiger partial charge in [-0.3, -0.25) is 4.79 Å². The number of hydrogen-bond donors (Lipinski definition) is 1. The van der Waals surface area contributed by atoms with Crippen molar-refractivity contribution < 1.29 is 4.79 Å². The molecule has 0 aliphatic carbocycles. The molecular formula is C15H21NO. The van der Waals surface area contributed by atoms with Crippen LogP contribution in [0.2, 0.25) is 0 Å². The predicted molar refractivity (Wildman–Crippen MR) is 70.3 cm³/mol. The van der Waals surface area contributed by atoms with E-state index in [9.17, 15) is 4.79 Å². The van der Waals surface area contributed by atoms with Crippen LogP contribution in [-0.4, -0.2) is 12.3 Å². The van der Waals surface area contributed by atoms with Crippen molar-refractivity contribution in [2.24, 2.45) is 5.92 Å². The van der Waals surface area contributed by atoms with Gasteiger partial charge in [0.2, 0.25) is 0 Å². The summed E-state index contributed by atoms with van der Waals surface area (Å²) in [5.41, 5.74) is 3.55. The highest BCUT2D eigenvalue weighted by Crippen LogP contribution is 2.23. The van der Waals surface area contributed by atoms with E-state index in [1.165, 1.54) is 11.1 Å². The number of benzene rings is 1. The van der Waals surface area contributed by atoms with E-state index in [0.29, 0.717) is 5.78 Å². The van der Waals surface area contributed by atoms with E-state index in [0.717, 1.165) is 37.9 Å². The Labute approximate surface area is 103 Å². The summed E-state index contributed by atoms with van der Waals surface area (Å²) in [6.45, 7) is 6.09. The number of nitrogens with one attached hydrogen (secondary N) is 1. The lowest BCUT2D eigenvalue weighted by Gasteiger charge is -2.21. The minimum Gasteiger partial charge on any atom is -0.312 e. The predicted octanol–water partition coefficient (Wildman–Crippen LogP) is 2.95. The number of ketones is 1. The third-order valence-electron chi connectivity index (χ3n) is 3.76. The van der Waals surface area contributed by atoms with E-state index in [4.69, 9.17) is 0 Å². The van der Waals surface area contributed by atoms with Crippen LogP contribution in [0.3, 0.4) is 0 Å². The van der Waals surface area contributed by atoms with Crippen LogP contribution in [0, 0.1) is 5.92 Å². The summed E-state index contributed by atoms with van der Waals surface area (Å²) in [6.07, 6.45) is 2.87. The first-order chi connectivity index (χ1) is 8.27. The SMILES string of the molecule is CCC(CC)C(=O)c1cccc2c1CCNC2. The molecule has 2 nitrogen and oxygen atoms in total. The molecule has 0 atom stereocenters. The molecule has 1 heterocycles. The van der Waals surface area contributed by atoms with Gasteiger partial charge in [-0.2, -0.15) is 0 Å². The van der Waals surface area contributed by atoms with Crippen LogP contribution < -0.4 is 5.32 Å². The highest BCUT2D eigenvalue weighted by molar-refractivity contribution is 5.99. The Morgan fingerprint density at radius 1 is 1.35 bits per heavy atom. The van der Waals surface area contributed by atoms with Crippen molar-refractivity contribution in [2.75, 3.05) is 6.54 Å². The second kappa shape index (κ2) is 5.46. The van der Waals surface area contributed by atoms with Gasteiger partial charge in [-0.05, 0) is 36.9 Å². The zero-order chi connectivity index (χ0) is 12.3. The average Bonchev–Trinajstić information content (AvgIpc) is 2.39. The fourth-order valence-electron chi connectivity index (χ4n) is 2.64. The largest absolute Gasteiger partial charge is 0.312 e. The summed E-state index contributed by atoms with van der Waals surface area (Å²) >= 11 is 0. The van der Waals surface area contributed by atoms with Crippen LogP contribution in [0.25, 0.3) is 0 Å². The van der Waals surface area contributed by atoms with E-state index >= 15 is 0 Å². The maximum atomic E-state index is 12.5. The second-order valence-electron chi connectivity index (χ2n) is 4.75. The van der Waals surface area contributed by atoms with E-state index in [-0.39, 0.29) is 5.92 Å². The molecule has 92 valence electrons. The molecule has 1 aromatic rings. The molecule has 0 saturated heterocycles. The Hall–Kier alpha value is -1.15. The lowest BCUT2D eigenvalue weighted by atomic mass is 9.86. The van der Waals surface area contributed by atoms with Crippen LogP contribution in [0.5, 0.6) is 0 Å². The minimum absolute atomic E-state index is 0.191. The highest BCUT2D eigenvalue weighted by Gasteiger charge is 2.21. The molecule has 2 rings (SSSR count). The Morgan fingerprint density at radius 2 is 2.12 bits per heavy atom. The molecule has 0 amide bonds. The third kappa shape index (κ3) is 2.42. The topological polar surface area (TPSA) is 29.1 Å². The molecule has 1 aliphatic rings. The molecule has 0 fully saturated rings. The quantitative estimate of drug-likeness (QED) is 0.807. The van der Waals surface area contributed by atoms with Crippen molar-refractivity contribution >= 4 is 5.78 Å². The summed E-state index contributed by atoms with van der Waals surface area (Å²) in [5.74, 6) is 0.533. The summed E-state index contributed by atoms with van der Waals surface area (Å²) < 4.78 is 0. The first-order valence-electron chi connectivity index (χ1n) is 6.63. The van der Waals surface area contributed by atoms with Crippen LogP contribution in [-0.2, 0) is 13.0 Å². The minimum atomic E-state index is 0.191. The molecule has 0 saturated carbocycles. The Bertz CT molecular complexity index is 407. The summed E-state index contributed by atoms with van der Waals surface area (Å²) in [4.78, 5) is 12.5. The monoisotopic (exact) mass is 231 g/mol. The van der Waals surface area contributed by atoms with Gasteiger partial charge >= 0.3 is 0 Å². The molecule has 0 bridgehead atoms. The number of carbonyl (C=O) groups is 1. The molecule has 0 radical (unpaired) electrons. The number of hydrogen-bond acceptors (Lipinski definition) is 2. The fraction of sp³-hybridized carbons (Fsp3) is 0.533. The molecule has 0 unspecified atom stereocenters. The third-order valence-corrected chi connectivity index (χ3v) is 3.76. The molecule has 2 heteroatoms. The van der Waals surface area contributed by atoms with Gasteiger partial charge in [0.05, 0.1) is 0 Å². The fourth-order valence-corrected chi connectivity index (χ4v) is 2.64. The Kier molecular flexibility index (Phi) is 3.95. The van der Waals surface area contributed by atoms with Gasteiger partial charge < -0.3 is 5.32 Å². The lowest BCUT2D eigenvalue weighted by molar-refractivity contribution is 0.0912. The van der Waals surface area contributed by atoms with Crippen LogP contribution >= 0.6 is 0 Å². The number of rotatable bonds is 4. The van der Waals surface area contributed by atoms with Crippen LogP contribution in [0.1, 0.15) is 48.2 Å². The zero-order valence-corrected chi connectivity index (χ0v) is 10.8. The standard InChI is InChI=1S/C15H21NO/c1-3-11(4-2)15(17)14-7-5-6-12-10-16-9-8-13(12)14/h5-7,11,16H,3-4,8-10H2,1-2H3. The molecule has 1 N–H and O–H groups in total. The van der Waals surface area contributed by atoms with Crippen molar-refractivity contribution in [1.29, 1.82) is 0 Å². The number of carbonyl (C=O) groups excluding carboxylic acids is 1. The van der Waals surface area contributed by atoms with Gasteiger partial charge in [-0.1, -0.05) is 32.0 Å². The first kappa shape index (κ1) is 12.3. The van der Waals surface area contributed by atoms with Gasteiger partial charge in [0.1, 0.15) is 0 Å². The normalized spacial score (nSPS) is 14.8. The summed E-state index contributed by atoms with van der Waals surface area (Å²) in [5, 5.41) is 3.35. The molecule has 17 heavy (non-hydrogen) atoms. The van der Waals surface area contributed by atoms with Gasteiger partial charge in [-0.25, -0.2) is 0 Å².